The van der Waals surface area contributed by atoms with Crippen LogP contribution in [0.25, 0.3) is 0 Å². The molecular weight excluding hydrogens is 166 g/mol. The molecule has 1 aliphatic rings. The predicted molar refractivity (Wildman–Crippen MR) is 40.8 cm³/mol. The highest BCUT2D eigenvalue weighted by Gasteiger charge is 2.24. The Bertz CT molecular complexity index is 257. The van der Waals surface area contributed by atoms with Gasteiger partial charge in [0.1, 0.15) is 0 Å². The normalized spacial score (nSPS) is 30.6. The molecule has 0 radical (unpaired) electrons. The molecular formula is C6H11NO3S. The van der Waals surface area contributed by atoms with Gasteiger partial charge < -0.3 is 5.32 Å². The van der Waals surface area contributed by atoms with E-state index in [-0.39, 0.29) is 24.0 Å². The Morgan fingerprint density at radius 1 is 1.55 bits per heavy atom. The lowest BCUT2D eigenvalue weighted by Gasteiger charge is -2.03. The number of hydrogen-bond acceptors (Lipinski definition) is 3. The van der Waals surface area contributed by atoms with E-state index in [1.165, 1.54) is 0 Å². The van der Waals surface area contributed by atoms with Gasteiger partial charge in [-0.3, -0.25) is 4.79 Å². The molecule has 1 heterocycles. The molecule has 0 aliphatic carbocycles. The van der Waals surface area contributed by atoms with E-state index < -0.39 is 15.8 Å². The van der Waals surface area contributed by atoms with Crippen LogP contribution in [0.15, 0.2) is 0 Å². The molecule has 1 fully saturated rings. The molecule has 1 rings (SSSR count). The maximum absolute atomic E-state index is 11.0. The molecule has 0 aromatic carbocycles. The van der Waals surface area contributed by atoms with Crippen LogP contribution in [0, 0.1) is 5.92 Å². The van der Waals surface area contributed by atoms with Gasteiger partial charge in [-0.25, -0.2) is 8.42 Å². The van der Waals surface area contributed by atoms with Gasteiger partial charge in [0.05, 0.1) is 11.5 Å². The Morgan fingerprint density at radius 2 is 2.18 bits per heavy atom. The topological polar surface area (TPSA) is 63.2 Å². The molecule has 0 aromatic rings. The lowest BCUT2D eigenvalue weighted by molar-refractivity contribution is -0.123. The Balaban J connectivity index is 2.79. The summed E-state index contributed by atoms with van der Waals surface area (Å²) in [5.74, 6) is -0.504. The van der Waals surface area contributed by atoms with E-state index in [4.69, 9.17) is 0 Å². The second-order valence-corrected chi connectivity index (χ2v) is 5.04. The van der Waals surface area contributed by atoms with Crippen LogP contribution in [0.2, 0.25) is 0 Å². The maximum atomic E-state index is 11.0. The van der Waals surface area contributed by atoms with Crippen molar-refractivity contribution in [2.24, 2.45) is 5.92 Å². The molecule has 64 valence electrons. The van der Waals surface area contributed by atoms with Crippen molar-refractivity contribution in [3.05, 3.63) is 0 Å². The van der Waals surface area contributed by atoms with Crippen molar-refractivity contribution in [3.63, 3.8) is 0 Å². The van der Waals surface area contributed by atoms with Gasteiger partial charge in [0.15, 0.2) is 9.84 Å². The summed E-state index contributed by atoms with van der Waals surface area (Å²) in [6.07, 6.45) is 0. The number of carbonyl (C=O) groups excluding carboxylic acids is 1. The number of hydrogen-bond donors (Lipinski definition) is 1. The first kappa shape index (κ1) is 8.52. The number of nitrogens with one attached hydrogen (secondary N) is 1. The molecule has 1 amide bonds. The second kappa shape index (κ2) is 2.81. The molecule has 0 saturated carbocycles. The number of carbonyl (C=O) groups is 1. The van der Waals surface area contributed by atoms with Crippen molar-refractivity contribution in [3.8, 4) is 0 Å². The molecule has 1 saturated heterocycles. The van der Waals surface area contributed by atoms with Crippen molar-refractivity contribution < 1.29 is 13.2 Å². The fraction of sp³-hybridized carbons (Fsp3) is 0.833. The standard InChI is InChI=1S/C6H11NO3S/c1-5-4-11(9,10)3-2-7-6(5)8/h5H,2-4H2,1H3,(H,7,8). The van der Waals surface area contributed by atoms with Crippen LogP contribution in [0.1, 0.15) is 6.92 Å². The lowest BCUT2D eigenvalue weighted by atomic mass is 10.2. The first-order valence-corrected chi connectivity index (χ1v) is 5.31. The minimum atomic E-state index is -2.98. The van der Waals surface area contributed by atoms with E-state index in [0.29, 0.717) is 0 Å². The van der Waals surface area contributed by atoms with Gasteiger partial charge >= 0.3 is 0 Å². The first-order valence-electron chi connectivity index (χ1n) is 3.49. The third kappa shape index (κ3) is 2.18. The first-order chi connectivity index (χ1) is 5.01. The molecule has 11 heavy (non-hydrogen) atoms. The van der Waals surface area contributed by atoms with Crippen LogP contribution in [-0.2, 0) is 14.6 Å². The van der Waals surface area contributed by atoms with Gasteiger partial charge in [0, 0.05) is 12.5 Å². The van der Waals surface area contributed by atoms with Gasteiger partial charge in [0.2, 0.25) is 5.91 Å². The van der Waals surface area contributed by atoms with Crippen molar-refractivity contribution in [1.82, 2.24) is 5.32 Å². The van der Waals surface area contributed by atoms with Crippen LogP contribution in [-0.4, -0.2) is 32.4 Å². The molecule has 5 heteroatoms. The average molecular weight is 177 g/mol. The van der Waals surface area contributed by atoms with Gasteiger partial charge in [-0.15, -0.1) is 0 Å². The van der Waals surface area contributed by atoms with Crippen molar-refractivity contribution in [2.75, 3.05) is 18.1 Å². The van der Waals surface area contributed by atoms with E-state index >= 15 is 0 Å². The second-order valence-electron chi connectivity index (χ2n) is 2.81. The van der Waals surface area contributed by atoms with Crippen LogP contribution >= 0.6 is 0 Å². The van der Waals surface area contributed by atoms with Crippen LogP contribution in [0.3, 0.4) is 0 Å². The molecule has 0 spiro atoms. The average Bonchev–Trinajstić information content (AvgIpc) is 1.93. The highest BCUT2D eigenvalue weighted by molar-refractivity contribution is 7.91. The summed E-state index contributed by atoms with van der Waals surface area (Å²) in [4.78, 5) is 10.9. The van der Waals surface area contributed by atoms with Crippen LogP contribution in [0.5, 0.6) is 0 Å². The summed E-state index contributed by atoms with van der Waals surface area (Å²) in [7, 11) is -2.98. The van der Waals surface area contributed by atoms with E-state index in [2.05, 4.69) is 5.32 Å². The summed E-state index contributed by atoms with van der Waals surface area (Å²) in [5, 5.41) is 2.53. The molecule has 1 unspecified atom stereocenters. The fourth-order valence-corrected chi connectivity index (χ4v) is 2.54. The lowest BCUT2D eigenvalue weighted by Crippen LogP contribution is -2.28. The Morgan fingerprint density at radius 3 is 2.82 bits per heavy atom. The zero-order valence-electron chi connectivity index (χ0n) is 6.33. The van der Waals surface area contributed by atoms with E-state index in [1.54, 1.807) is 6.92 Å². The molecule has 1 atom stereocenters. The predicted octanol–water partition coefficient (Wildman–Crippen LogP) is -0.833. The van der Waals surface area contributed by atoms with Crippen molar-refractivity contribution >= 4 is 15.7 Å². The van der Waals surface area contributed by atoms with E-state index in [9.17, 15) is 13.2 Å². The minimum absolute atomic E-state index is 0.0150. The van der Waals surface area contributed by atoms with Crippen LogP contribution in [0.4, 0.5) is 0 Å². The fourth-order valence-electron chi connectivity index (χ4n) is 1.04. The number of amides is 1. The van der Waals surface area contributed by atoms with Crippen LogP contribution < -0.4 is 5.32 Å². The SMILES string of the molecule is CC1CS(=O)(=O)CCNC1=O. The Labute approximate surface area is 65.9 Å². The third-order valence-corrected chi connectivity index (χ3v) is 3.50. The summed E-state index contributed by atoms with van der Waals surface area (Å²) in [6, 6.07) is 0. The Kier molecular flexibility index (Phi) is 2.17. The largest absolute Gasteiger partial charge is 0.355 e. The monoisotopic (exact) mass is 177 g/mol. The van der Waals surface area contributed by atoms with Gasteiger partial charge in [-0.05, 0) is 0 Å². The summed E-state index contributed by atoms with van der Waals surface area (Å²) in [6.45, 7) is 1.88. The molecule has 0 bridgehead atoms. The molecule has 1 aliphatic heterocycles. The van der Waals surface area contributed by atoms with E-state index in [1.807, 2.05) is 0 Å². The minimum Gasteiger partial charge on any atom is -0.355 e. The summed E-state index contributed by atoms with van der Waals surface area (Å²) < 4.78 is 22.1. The zero-order chi connectivity index (χ0) is 8.48. The highest BCUT2D eigenvalue weighted by atomic mass is 32.2. The van der Waals surface area contributed by atoms with Gasteiger partial charge in [0.25, 0.3) is 0 Å². The summed E-state index contributed by atoms with van der Waals surface area (Å²) in [5.41, 5.74) is 0. The third-order valence-electron chi connectivity index (χ3n) is 1.66. The van der Waals surface area contributed by atoms with E-state index in [0.717, 1.165) is 0 Å². The number of sulfone groups is 1. The number of rotatable bonds is 0. The van der Waals surface area contributed by atoms with Gasteiger partial charge in [-0.1, -0.05) is 6.92 Å². The smallest absolute Gasteiger partial charge is 0.223 e. The quantitative estimate of drug-likeness (QED) is 0.525. The van der Waals surface area contributed by atoms with Crippen molar-refractivity contribution in [2.45, 2.75) is 6.92 Å². The van der Waals surface area contributed by atoms with Crippen molar-refractivity contribution in [1.29, 1.82) is 0 Å². The molecule has 4 nitrogen and oxygen atoms in total. The van der Waals surface area contributed by atoms with Gasteiger partial charge in [-0.2, -0.15) is 0 Å². The summed E-state index contributed by atoms with van der Waals surface area (Å²) >= 11 is 0. The Hall–Kier alpha value is -0.580. The highest BCUT2D eigenvalue weighted by Crippen LogP contribution is 2.05. The molecule has 1 N–H and O–H groups in total. The maximum Gasteiger partial charge on any atom is 0.223 e. The molecule has 0 aromatic heterocycles. The zero-order valence-corrected chi connectivity index (χ0v) is 7.15.